The Kier molecular flexibility index (Phi) is 3.87. The molecule has 0 radical (unpaired) electrons. The summed E-state index contributed by atoms with van der Waals surface area (Å²) in [4.78, 5) is 11.3. The Morgan fingerprint density at radius 3 is 2.90 bits per heavy atom. The quantitative estimate of drug-likeness (QED) is 0.508. The summed E-state index contributed by atoms with van der Waals surface area (Å²) in [6.45, 7) is 0.226. The molecule has 0 atom stereocenters. The van der Waals surface area contributed by atoms with Gasteiger partial charge in [0.25, 0.3) is 5.91 Å². The van der Waals surface area contributed by atoms with Crippen molar-refractivity contribution in [2.24, 2.45) is 5.84 Å². The summed E-state index contributed by atoms with van der Waals surface area (Å²) in [5, 5.41) is 3.62. The lowest BCUT2D eigenvalue weighted by atomic mass is 9.92. The first-order valence-electron chi connectivity index (χ1n) is 6.97. The van der Waals surface area contributed by atoms with Gasteiger partial charge >= 0.3 is 0 Å². The lowest BCUT2D eigenvalue weighted by Crippen LogP contribution is -2.30. The second kappa shape index (κ2) is 5.97. The SMILES string of the molecule is NNC(=O)c1cc(COc2ccc3c(c2)CCCC3)on1. The molecule has 3 N–H and O–H groups in total. The van der Waals surface area contributed by atoms with Crippen molar-refractivity contribution in [3.63, 3.8) is 0 Å². The Morgan fingerprint density at radius 1 is 1.29 bits per heavy atom. The highest BCUT2D eigenvalue weighted by atomic mass is 16.5. The number of fused-ring (bicyclic) bond motifs is 1. The summed E-state index contributed by atoms with van der Waals surface area (Å²) < 4.78 is 10.7. The van der Waals surface area contributed by atoms with Gasteiger partial charge in [0.05, 0.1) is 0 Å². The number of hydrazine groups is 1. The minimum atomic E-state index is -0.487. The van der Waals surface area contributed by atoms with Gasteiger partial charge < -0.3 is 9.26 Å². The number of carbonyl (C=O) groups is 1. The number of nitrogens with one attached hydrogen (secondary N) is 1. The second-order valence-corrected chi connectivity index (χ2v) is 5.08. The number of hydrogen-bond donors (Lipinski definition) is 2. The van der Waals surface area contributed by atoms with E-state index in [0.29, 0.717) is 5.76 Å². The fourth-order valence-electron chi connectivity index (χ4n) is 2.52. The number of aryl methyl sites for hydroxylation is 2. The number of carbonyl (C=O) groups excluding carboxylic acids is 1. The molecule has 0 unspecified atom stereocenters. The van der Waals surface area contributed by atoms with Crippen molar-refractivity contribution in [3.05, 3.63) is 46.8 Å². The van der Waals surface area contributed by atoms with Gasteiger partial charge in [-0.05, 0) is 48.9 Å². The molecule has 2 aromatic rings. The first kappa shape index (κ1) is 13.6. The van der Waals surface area contributed by atoms with Gasteiger partial charge in [-0.2, -0.15) is 0 Å². The Morgan fingerprint density at radius 2 is 2.10 bits per heavy atom. The van der Waals surface area contributed by atoms with Gasteiger partial charge in [0.2, 0.25) is 0 Å². The minimum absolute atomic E-state index is 0.140. The van der Waals surface area contributed by atoms with E-state index in [0.717, 1.165) is 18.6 Å². The molecule has 0 aliphatic heterocycles. The van der Waals surface area contributed by atoms with Crippen molar-refractivity contribution in [1.29, 1.82) is 0 Å². The number of nitrogen functional groups attached to an aromatic ring is 1. The Labute approximate surface area is 122 Å². The summed E-state index contributed by atoms with van der Waals surface area (Å²) in [6.07, 6.45) is 4.75. The van der Waals surface area contributed by atoms with Crippen molar-refractivity contribution in [1.82, 2.24) is 10.6 Å². The third-order valence-corrected chi connectivity index (χ3v) is 3.62. The first-order valence-corrected chi connectivity index (χ1v) is 6.97. The normalized spacial score (nSPS) is 13.6. The van der Waals surface area contributed by atoms with E-state index >= 15 is 0 Å². The number of rotatable bonds is 4. The van der Waals surface area contributed by atoms with Gasteiger partial charge in [0, 0.05) is 6.07 Å². The number of aromatic nitrogens is 1. The van der Waals surface area contributed by atoms with Crippen molar-refractivity contribution in [3.8, 4) is 5.75 Å². The van der Waals surface area contributed by atoms with Gasteiger partial charge in [-0.1, -0.05) is 11.2 Å². The number of hydrogen-bond acceptors (Lipinski definition) is 5. The molecule has 0 fully saturated rings. The molecule has 1 amide bonds. The number of benzene rings is 1. The molecule has 0 saturated heterocycles. The van der Waals surface area contributed by atoms with Crippen molar-refractivity contribution >= 4 is 5.91 Å². The van der Waals surface area contributed by atoms with Crippen LogP contribution in [0, 0.1) is 0 Å². The van der Waals surface area contributed by atoms with E-state index in [9.17, 15) is 4.79 Å². The summed E-state index contributed by atoms with van der Waals surface area (Å²) in [7, 11) is 0. The molecule has 6 nitrogen and oxygen atoms in total. The number of nitrogens with zero attached hydrogens (tertiary/aromatic N) is 1. The topological polar surface area (TPSA) is 90.4 Å². The molecule has 0 spiro atoms. The van der Waals surface area contributed by atoms with Gasteiger partial charge in [-0.25, -0.2) is 5.84 Å². The van der Waals surface area contributed by atoms with Crippen LogP contribution in [0.15, 0.2) is 28.8 Å². The predicted molar refractivity (Wildman–Crippen MR) is 75.6 cm³/mol. The van der Waals surface area contributed by atoms with Gasteiger partial charge in [-0.15, -0.1) is 0 Å². The Hall–Kier alpha value is -2.34. The zero-order chi connectivity index (χ0) is 14.7. The second-order valence-electron chi connectivity index (χ2n) is 5.08. The van der Waals surface area contributed by atoms with Gasteiger partial charge in [0.1, 0.15) is 12.4 Å². The molecule has 6 heteroatoms. The fourth-order valence-corrected chi connectivity index (χ4v) is 2.52. The van der Waals surface area contributed by atoms with E-state index in [-0.39, 0.29) is 12.3 Å². The molecule has 1 aliphatic rings. The van der Waals surface area contributed by atoms with Crippen LogP contribution in [0.5, 0.6) is 5.75 Å². The highest BCUT2D eigenvalue weighted by Crippen LogP contribution is 2.25. The third kappa shape index (κ3) is 3.05. The smallest absolute Gasteiger partial charge is 0.287 e. The van der Waals surface area contributed by atoms with Crippen LogP contribution in [0.25, 0.3) is 0 Å². The number of ether oxygens (including phenoxy) is 1. The highest BCUT2D eigenvalue weighted by Gasteiger charge is 2.13. The Bertz CT molecular complexity index is 651. The summed E-state index contributed by atoms with van der Waals surface area (Å²) in [5.41, 5.74) is 4.91. The van der Waals surface area contributed by atoms with E-state index < -0.39 is 5.91 Å². The molecule has 1 aromatic carbocycles. The van der Waals surface area contributed by atoms with Crippen molar-refractivity contribution in [2.45, 2.75) is 32.3 Å². The van der Waals surface area contributed by atoms with E-state index in [1.165, 1.54) is 30.0 Å². The van der Waals surface area contributed by atoms with E-state index in [4.69, 9.17) is 15.1 Å². The van der Waals surface area contributed by atoms with Crippen LogP contribution in [0.3, 0.4) is 0 Å². The van der Waals surface area contributed by atoms with Crippen LogP contribution < -0.4 is 16.0 Å². The molecule has 3 rings (SSSR count). The lowest BCUT2D eigenvalue weighted by Gasteiger charge is -2.16. The fraction of sp³-hybridized carbons (Fsp3) is 0.333. The summed E-state index contributed by atoms with van der Waals surface area (Å²) in [5.74, 6) is 5.82. The molecular formula is C15H17N3O3. The average Bonchev–Trinajstić information content (AvgIpc) is 3.01. The molecule has 0 saturated carbocycles. The number of amides is 1. The molecule has 1 aromatic heterocycles. The molecule has 110 valence electrons. The maximum atomic E-state index is 11.3. The van der Waals surface area contributed by atoms with Crippen molar-refractivity contribution in [2.75, 3.05) is 0 Å². The van der Waals surface area contributed by atoms with E-state index in [1.54, 1.807) is 0 Å². The van der Waals surface area contributed by atoms with Crippen LogP contribution in [0.1, 0.15) is 40.2 Å². The number of nitrogens with two attached hydrogens (primary N) is 1. The highest BCUT2D eigenvalue weighted by molar-refractivity contribution is 5.91. The van der Waals surface area contributed by atoms with E-state index in [1.807, 2.05) is 11.5 Å². The molecule has 21 heavy (non-hydrogen) atoms. The summed E-state index contributed by atoms with van der Waals surface area (Å²) in [6, 6.07) is 7.69. The standard InChI is InChI=1S/C15H17N3O3/c16-17-15(19)14-8-13(21-18-14)9-20-12-6-5-10-3-1-2-4-11(10)7-12/h5-8H,1-4,9,16H2,(H,17,19). The van der Waals surface area contributed by atoms with Crippen LogP contribution >= 0.6 is 0 Å². The third-order valence-electron chi connectivity index (χ3n) is 3.62. The van der Waals surface area contributed by atoms with E-state index in [2.05, 4.69) is 17.3 Å². The van der Waals surface area contributed by atoms with Crippen molar-refractivity contribution < 1.29 is 14.1 Å². The summed E-state index contributed by atoms with van der Waals surface area (Å²) >= 11 is 0. The molecular weight excluding hydrogens is 270 g/mol. The van der Waals surface area contributed by atoms with Crippen LogP contribution in [-0.4, -0.2) is 11.1 Å². The average molecular weight is 287 g/mol. The van der Waals surface area contributed by atoms with Gasteiger partial charge in [-0.3, -0.25) is 10.2 Å². The van der Waals surface area contributed by atoms with Crippen LogP contribution in [0.2, 0.25) is 0 Å². The molecule has 0 bridgehead atoms. The molecule has 1 heterocycles. The van der Waals surface area contributed by atoms with Gasteiger partial charge in [0.15, 0.2) is 11.5 Å². The predicted octanol–water partition coefficient (Wildman–Crippen LogP) is 1.74. The maximum absolute atomic E-state index is 11.3. The lowest BCUT2D eigenvalue weighted by molar-refractivity contribution is 0.0944. The molecule has 1 aliphatic carbocycles. The zero-order valence-corrected chi connectivity index (χ0v) is 11.6. The minimum Gasteiger partial charge on any atom is -0.486 e. The first-order chi connectivity index (χ1) is 10.3. The van der Waals surface area contributed by atoms with Crippen LogP contribution in [-0.2, 0) is 19.4 Å². The Balaban J connectivity index is 1.65. The largest absolute Gasteiger partial charge is 0.486 e. The van der Waals surface area contributed by atoms with Crippen LogP contribution in [0.4, 0.5) is 0 Å². The maximum Gasteiger partial charge on any atom is 0.287 e. The monoisotopic (exact) mass is 287 g/mol. The zero-order valence-electron chi connectivity index (χ0n) is 11.6.